The largest absolute Gasteiger partial charge is 0.459 e. The molecule has 0 bridgehead atoms. The van der Waals surface area contributed by atoms with Crippen molar-refractivity contribution in [2.45, 2.75) is 117 Å². The van der Waals surface area contributed by atoms with Gasteiger partial charge < -0.3 is 20.1 Å². The summed E-state index contributed by atoms with van der Waals surface area (Å²) in [4.78, 5) is 13.2. The Morgan fingerprint density at radius 1 is 1.03 bits per heavy atom. The van der Waals surface area contributed by atoms with Crippen molar-refractivity contribution in [3.05, 3.63) is 11.6 Å². The minimum atomic E-state index is -0.998. The molecular formula is C30H48O5. The van der Waals surface area contributed by atoms with Crippen LogP contribution in [-0.2, 0) is 9.53 Å². The molecule has 5 rings (SSSR count). The zero-order chi connectivity index (χ0) is 25.6. The molecule has 1 heterocycles. The fourth-order valence-corrected chi connectivity index (χ4v) is 10.0. The van der Waals surface area contributed by atoms with Crippen LogP contribution in [0.1, 0.15) is 99.3 Å². The molecule has 5 heteroatoms. The second kappa shape index (κ2) is 8.04. The monoisotopic (exact) mass is 488 g/mol. The highest BCUT2D eigenvalue weighted by molar-refractivity contribution is 5.74. The van der Waals surface area contributed by atoms with Crippen LogP contribution in [-0.4, -0.2) is 45.7 Å². The van der Waals surface area contributed by atoms with E-state index < -0.39 is 23.2 Å². The minimum Gasteiger partial charge on any atom is -0.459 e. The van der Waals surface area contributed by atoms with Gasteiger partial charge in [-0.05, 0) is 106 Å². The quantitative estimate of drug-likeness (QED) is 0.384. The van der Waals surface area contributed by atoms with Gasteiger partial charge in [0, 0.05) is 5.41 Å². The molecule has 4 fully saturated rings. The van der Waals surface area contributed by atoms with Crippen LogP contribution in [0.15, 0.2) is 11.6 Å². The van der Waals surface area contributed by atoms with E-state index in [-0.39, 0.29) is 40.7 Å². The first-order valence-corrected chi connectivity index (χ1v) is 14.1. The summed E-state index contributed by atoms with van der Waals surface area (Å²) in [6.07, 6.45) is 10.3. The predicted molar refractivity (Wildman–Crippen MR) is 135 cm³/mol. The normalized spacial score (nSPS) is 52.1. The van der Waals surface area contributed by atoms with Crippen LogP contribution in [0.25, 0.3) is 0 Å². The molecule has 4 aliphatic carbocycles. The number of carbonyl (C=O) groups is 1. The maximum atomic E-state index is 13.2. The first-order valence-electron chi connectivity index (χ1n) is 14.1. The van der Waals surface area contributed by atoms with Crippen molar-refractivity contribution in [3.63, 3.8) is 0 Å². The van der Waals surface area contributed by atoms with Crippen LogP contribution >= 0.6 is 0 Å². The predicted octanol–water partition coefficient (Wildman–Crippen LogP) is 5.02. The Hall–Kier alpha value is -0.910. The lowest BCUT2D eigenvalue weighted by atomic mass is 9.40. The van der Waals surface area contributed by atoms with E-state index >= 15 is 0 Å². The number of hydrogen-bond donors (Lipinski definition) is 3. The van der Waals surface area contributed by atoms with Crippen molar-refractivity contribution in [3.8, 4) is 0 Å². The number of allylic oxidation sites excluding steroid dienone is 2. The lowest BCUT2D eigenvalue weighted by Gasteiger charge is -2.64. The standard InChI is InChI=1S/C30H48O5/c1-26(2,34)24-10-7-18(25(33)35-24)19-11-15-30(6)21-8-9-22-27(3,20(21)12-16-29(19,30)5)14-13-23(32)28(22,4)17-31/h8,18-20,22-24,31-32,34H,7,9-17H2,1-6H3/t18-,19-,20-,22+,23+,24+,27+,28+,29-,30+/m0/s1. The molecule has 5 aliphatic rings. The van der Waals surface area contributed by atoms with Gasteiger partial charge >= 0.3 is 5.97 Å². The summed E-state index contributed by atoms with van der Waals surface area (Å²) < 4.78 is 5.82. The molecule has 3 N–H and O–H groups in total. The molecule has 0 radical (unpaired) electrons. The molecule has 3 saturated carbocycles. The lowest BCUT2D eigenvalue weighted by Crippen LogP contribution is -2.60. The SMILES string of the molecule is CC(C)(O)[C@H]1CC[C@@H]([C@@H]2CC[C@]3(C)C4=CC[C@@H]5[C@](C)(CC[C@@H](O)[C@]5(C)CO)[C@H]4CC[C@@]23C)C(=O)O1. The number of rotatable bonds is 3. The molecule has 1 saturated heterocycles. The molecule has 0 unspecified atom stereocenters. The van der Waals surface area contributed by atoms with Crippen LogP contribution in [0.5, 0.6) is 0 Å². The Kier molecular flexibility index (Phi) is 5.91. The smallest absolute Gasteiger partial charge is 0.309 e. The van der Waals surface area contributed by atoms with Crippen molar-refractivity contribution < 1.29 is 24.9 Å². The van der Waals surface area contributed by atoms with Crippen LogP contribution < -0.4 is 0 Å². The molecule has 0 aromatic heterocycles. The van der Waals surface area contributed by atoms with Gasteiger partial charge in [-0.25, -0.2) is 0 Å². The molecular weight excluding hydrogens is 440 g/mol. The van der Waals surface area contributed by atoms with E-state index in [0.717, 1.165) is 57.8 Å². The number of fused-ring (bicyclic) bond motifs is 5. The summed E-state index contributed by atoms with van der Waals surface area (Å²) in [6.45, 7) is 12.9. The number of carbonyl (C=O) groups excluding carboxylic acids is 1. The average molecular weight is 489 g/mol. The summed E-state index contributed by atoms with van der Waals surface area (Å²) in [5.74, 6) is 0.896. The number of esters is 1. The van der Waals surface area contributed by atoms with E-state index in [1.54, 1.807) is 19.4 Å². The summed E-state index contributed by atoms with van der Waals surface area (Å²) in [5, 5.41) is 31.6. The van der Waals surface area contributed by atoms with Gasteiger partial charge in [0.15, 0.2) is 0 Å². The van der Waals surface area contributed by atoms with Crippen molar-refractivity contribution in [2.24, 2.45) is 45.3 Å². The highest BCUT2D eigenvalue weighted by atomic mass is 16.6. The summed E-state index contributed by atoms with van der Waals surface area (Å²) >= 11 is 0. The van der Waals surface area contributed by atoms with E-state index in [1.807, 2.05) is 0 Å². The molecule has 35 heavy (non-hydrogen) atoms. The zero-order valence-corrected chi connectivity index (χ0v) is 22.8. The van der Waals surface area contributed by atoms with E-state index in [9.17, 15) is 20.1 Å². The number of ether oxygens (including phenoxy) is 1. The highest BCUT2D eigenvalue weighted by Gasteiger charge is 2.66. The van der Waals surface area contributed by atoms with E-state index in [0.29, 0.717) is 11.8 Å². The second-order valence-corrected chi connectivity index (χ2v) is 14.4. The van der Waals surface area contributed by atoms with Gasteiger partial charge in [0.2, 0.25) is 0 Å². The Morgan fingerprint density at radius 2 is 1.74 bits per heavy atom. The number of hydrogen-bond acceptors (Lipinski definition) is 5. The lowest BCUT2D eigenvalue weighted by molar-refractivity contribution is -0.183. The summed E-state index contributed by atoms with van der Waals surface area (Å²) in [7, 11) is 0. The molecule has 5 nitrogen and oxygen atoms in total. The van der Waals surface area contributed by atoms with E-state index in [4.69, 9.17) is 4.74 Å². The summed E-state index contributed by atoms with van der Waals surface area (Å²) in [5.41, 5.74) is 0.363. The fourth-order valence-electron chi connectivity index (χ4n) is 10.0. The topological polar surface area (TPSA) is 87.0 Å². The maximum absolute atomic E-state index is 13.2. The van der Waals surface area contributed by atoms with Crippen LogP contribution in [0.2, 0.25) is 0 Å². The van der Waals surface area contributed by atoms with Crippen LogP contribution in [0.3, 0.4) is 0 Å². The average Bonchev–Trinajstić information content (AvgIpc) is 3.07. The van der Waals surface area contributed by atoms with Gasteiger partial charge in [-0.15, -0.1) is 0 Å². The van der Waals surface area contributed by atoms with Gasteiger partial charge in [0.05, 0.1) is 24.2 Å². The maximum Gasteiger partial charge on any atom is 0.309 e. The number of aliphatic hydroxyl groups is 3. The molecule has 198 valence electrons. The Balaban J connectivity index is 1.44. The van der Waals surface area contributed by atoms with Gasteiger partial charge in [-0.2, -0.15) is 0 Å². The second-order valence-electron chi connectivity index (χ2n) is 14.4. The molecule has 10 atom stereocenters. The zero-order valence-electron chi connectivity index (χ0n) is 22.8. The summed E-state index contributed by atoms with van der Waals surface area (Å²) in [6, 6.07) is 0. The third-order valence-electron chi connectivity index (χ3n) is 12.6. The van der Waals surface area contributed by atoms with Gasteiger partial charge in [0.1, 0.15) is 6.10 Å². The van der Waals surface area contributed by atoms with Crippen molar-refractivity contribution in [1.82, 2.24) is 0 Å². The van der Waals surface area contributed by atoms with Crippen molar-refractivity contribution in [1.29, 1.82) is 0 Å². The van der Waals surface area contributed by atoms with Crippen LogP contribution in [0.4, 0.5) is 0 Å². The Labute approximate surface area is 211 Å². The first kappa shape index (κ1) is 25.7. The van der Waals surface area contributed by atoms with E-state index in [2.05, 4.69) is 33.8 Å². The number of cyclic esters (lactones) is 1. The fraction of sp³-hybridized carbons (Fsp3) is 0.900. The van der Waals surface area contributed by atoms with Crippen molar-refractivity contribution in [2.75, 3.05) is 6.61 Å². The molecule has 0 aromatic carbocycles. The third kappa shape index (κ3) is 3.39. The first-order chi connectivity index (χ1) is 16.2. The highest BCUT2D eigenvalue weighted by Crippen LogP contribution is 2.73. The Bertz CT molecular complexity index is 905. The van der Waals surface area contributed by atoms with Gasteiger partial charge in [0.25, 0.3) is 0 Å². The van der Waals surface area contributed by atoms with Gasteiger partial charge in [-0.3, -0.25) is 4.79 Å². The third-order valence-corrected chi connectivity index (χ3v) is 12.6. The Morgan fingerprint density at radius 3 is 2.37 bits per heavy atom. The minimum absolute atomic E-state index is 0.0385. The van der Waals surface area contributed by atoms with Crippen molar-refractivity contribution >= 4 is 5.97 Å². The van der Waals surface area contributed by atoms with Crippen LogP contribution in [0, 0.1) is 45.3 Å². The van der Waals surface area contributed by atoms with Gasteiger partial charge in [-0.1, -0.05) is 39.3 Å². The molecule has 1 aliphatic heterocycles. The molecule has 0 amide bonds. The number of aliphatic hydroxyl groups excluding tert-OH is 2. The van der Waals surface area contributed by atoms with E-state index in [1.165, 1.54) is 0 Å². The molecule has 0 aromatic rings. The molecule has 0 spiro atoms.